The van der Waals surface area contributed by atoms with Crippen molar-refractivity contribution in [1.29, 1.82) is 0 Å². The van der Waals surface area contributed by atoms with Gasteiger partial charge in [-0.25, -0.2) is 0 Å². The molecule has 0 aliphatic carbocycles. The molecule has 2 heteroatoms. The van der Waals surface area contributed by atoms with Crippen LogP contribution in [0.3, 0.4) is 0 Å². The Hall–Kier alpha value is -0.0800. The van der Waals surface area contributed by atoms with E-state index in [1.807, 2.05) is 0 Å². The molecule has 2 nitrogen and oxygen atoms in total. The van der Waals surface area contributed by atoms with Gasteiger partial charge in [-0.15, -0.1) is 0 Å². The second kappa shape index (κ2) is 6.41. The second-order valence-electron chi connectivity index (χ2n) is 5.10. The smallest absolute Gasteiger partial charge is 0.0600 e. The molecule has 0 aromatic carbocycles. The molecule has 0 aromatic heterocycles. The lowest BCUT2D eigenvalue weighted by atomic mass is 9.87. The largest absolute Gasteiger partial charge is 0.393 e. The third-order valence-corrected chi connectivity index (χ3v) is 2.71. The maximum Gasteiger partial charge on any atom is 0.0600 e. The van der Waals surface area contributed by atoms with Crippen molar-refractivity contribution in [1.82, 2.24) is 4.90 Å². The monoisotopic (exact) mass is 201 g/mol. The molecular weight excluding hydrogens is 174 g/mol. The Morgan fingerprint density at radius 2 is 1.71 bits per heavy atom. The quantitative estimate of drug-likeness (QED) is 0.714. The summed E-state index contributed by atoms with van der Waals surface area (Å²) in [4.78, 5) is 2.40. The van der Waals surface area contributed by atoms with E-state index in [0.29, 0.717) is 0 Å². The molecule has 0 heterocycles. The Bertz CT molecular complexity index is 140. The van der Waals surface area contributed by atoms with Gasteiger partial charge in [0.1, 0.15) is 0 Å². The summed E-state index contributed by atoms with van der Waals surface area (Å²) in [5.74, 6) is 0. The van der Waals surface area contributed by atoms with Gasteiger partial charge >= 0.3 is 0 Å². The summed E-state index contributed by atoms with van der Waals surface area (Å²) in [6.07, 6.45) is 1.89. The molecule has 0 aliphatic heterocycles. The summed E-state index contributed by atoms with van der Waals surface area (Å²) in [5.41, 5.74) is 0.0195. The van der Waals surface area contributed by atoms with Gasteiger partial charge in [-0.1, -0.05) is 34.6 Å². The molecule has 0 saturated heterocycles. The van der Waals surface area contributed by atoms with Crippen LogP contribution in [0, 0.1) is 5.41 Å². The minimum Gasteiger partial charge on any atom is -0.393 e. The molecule has 0 amide bonds. The Morgan fingerprint density at radius 3 is 2.07 bits per heavy atom. The maximum atomic E-state index is 9.87. The fourth-order valence-corrected chi connectivity index (χ4v) is 1.48. The van der Waals surface area contributed by atoms with Crippen LogP contribution in [0.1, 0.15) is 47.5 Å². The van der Waals surface area contributed by atoms with E-state index < -0.39 is 0 Å². The summed E-state index contributed by atoms with van der Waals surface area (Å²) in [6, 6.07) is 0. The zero-order valence-electron chi connectivity index (χ0n) is 10.5. The number of nitrogens with zero attached hydrogens (tertiary/aromatic N) is 1. The van der Waals surface area contributed by atoms with Gasteiger partial charge in [-0.3, -0.25) is 0 Å². The zero-order valence-corrected chi connectivity index (χ0v) is 10.5. The summed E-state index contributed by atoms with van der Waals surface area (Å²) >= 11 is 0. The van der Waals surface area contributed by atoms with Crippen LogP contribution in [-0.2, 0) is 0 Å². The fourth-order valence-electron chi connectivity index (χ4n) is 1.48. The third kappa shape index (κ3) is 5.61. The average molecular weight is 201 g/mol. The lowest BCUT2D eigenvalue weighted by Crippen LogP contribution is -2.33. The van der Waals surface area contributed by atoms with E-state index in [4.69, 9.17) is 0 Å². The lowest BCUT2D eigenvalue weighted by Gasteiger charge is -2.28. The van der Waals surface area contributed by atoms with Crippen LogP contribution in [0.2, 0.25) is 0 Å². The molecule has 0 fully saturated rings. The van der Waals surface area contributed by atoms with Crippen molar-refractivity contribution in [2.75, 3.05) is 19.6 Å². The van der Waals surface area contributed by atoms with E-state index in [9.17, 15) is 5.11 Å². The first-order valence-corrected chi connectivity index (χ1v) is 5.82. The summed E-state index contributed by atoms with van der Waals surface area (Å²) in [7, 11) is 0. The number of hydrogen-bond donors (Lipinski definition) is 1. The topological polar surface area (TPSA) is 23.5 Å². The number of aliphatic hydroxyl groups is 1. The minimum atomic E-state index is -0.187. The predicted octanol–water partition coefficient (Wildman–Crippen LogP) is 2.52. The minimum absolute atomic E-state index is 0.0195. The molecule has 0 rings (SSSR count). The standard InChI is InChI=1S/C12H27NO/c1-6-9-13(7-2)10-8-11(14)12(3,4)5/h11,14H,6-10H2,1-5H3. The lowest BCUT2D eigenvalue weighted by molar-refractivity contribution is 0.0461. The van der Waals surface area contributed by atoms with Crippen molar-refractivity contribution < 1.29 is 5.11 Å². The van der Waals surface area contributed by atoms with Crippen LogP contribution in [0.4, 0.5) is 0 Å². The summed E-state index contributed by atoms with van der Waals surface area (Å²) in [5, 5.41) is 9.87. The molecule has 0 bridgehead atoms. The van der Waals surface area contributed by atoms with Crippen LogP contribution in [0.15, 0.2) is 0 Å². The molecule has 0 aliphatic rings. The van der Waals surface area contributed by atoms with Gasteiger partial charge in [0.2, 0.25) is 0 Å². The predicted molar refractivity (Wildman–Crippen MR) is 62.5 cm³/mol. The van der Waals surface area contributed by atoms with Crippen molar-refractivity contribution in [3.05, 3.63) is 0 Å². The number of aliphatic hydroxyl groups excluding tert-OH is 1. The Kier molecular flexibility index (Phi) is 6.38. The first-order chi connectivity index (χ1) is 6.41. The van der Waals surface area contributed by atoms with Crippen molar-refractivity contribution in [3.8, 4) is 0 Å². The fraction of sp³-hybridized carbons (Fsp3) is 1.00. The highest BCUT2D eigenvalue weighted by molar-refractivity contribution is 4.73. The molecule has 0 radical (unpaired) electrons. The molecule has 14 heavy (non-hydrogen) atoms. The van der Waals surface area contributed by atoms with Crippen LogP contribution in [-0.4, -0.2) is 35.7 Å². The normalized spacial score (nSPS) is 14.8. The molecule has 86 valence electrons. The highest BCUT2D eigenvalue weighted by Crippen LogP contribution is 2.21. The molecule has 1 atom stereocenters. The third-order valence-electron chi connectivity index (χ3n) is 2.71. The van der Waals surface area contributed by atoms with Crippen LogP contribution >= 0.6 is 0 Å². The van der Waals surface area contributed by atoms with E-state index in [0.717, 1.165) is 26.1 Å². The highest BCUT2D eigenvalue weighted by Gasteiger charge is 2.21. The van der Waals surface area contributed by atoms with Gasteiger partial charge in [-0.2, -0.15) is 0 Å². The molecule has 1 N–H and O–H groups in total. The van der Waals surface area contributed by atoms with E-state index in [1.165, 1.54) is 6.42 Å². The Balaban J connectivity index is 3.79. The van der Waals surface area contributed by atoms with E-state index >= 15 is 0 Å². The van der Waals surface area contributed by atoms with Gasteiger partial charge in [0.25, 0.3) is 0 Å². The number of hydrogen-bond acceptors (Lipinski definition) is 2. The molecule has 1 unspecified atom stereocenters. The van der Waals surface area contributed by atoms with Crippen molar-refractivity contribution >= 4 is 0 Å². The maximum absolute atomic E-state index is 9.87. The Morgan fingerprint density at radius 1 is 1.14 bits per heavy atom. The van der Waals surface area contributed by atoms with Gasteiger partial charge in [0.05, 0.1) is 6.10 Å². The first-order valence-electron chi connectivity index (χ1n) is 5.82. The average Bonchev–Trinajstić information content (AvgIpc) is 2.10. The van der Waals surface area contributed by atoms with Crippen molar-refractivity contribution in [2.45, 2.75) is 53.6 Å². The van der Waals surface area contributed by atoms with Gasteiger partial charge in [0, 0.05) is 6.54 Å². The number of rotatable bonds is 6. The van der Waals surface area contributed by atoms with E-state index in [2.05, 4.69) is 39.5 Å². The van der Waals surface area contributed by atoms with E-state index in [-0.39, 0.29) is 11.5 Å². The van der Waals surface area contributed by atoms with Gasteiger partial charge in [-0.05, 0) is 31.3 Å². The molecule has 0 saturated carbocycles. The first kappa shape index (κ1) is 13.9. The second-order valence-corrected chi connectivity index (χ2v) is 5.10. The molecule has 0 aromatic rings. The Labute approximate surface area is 89.3 Å². The highest BCUT2D eigenvalue weighted by atomic mass is 16.3. The van der Waals surface area contributed by atoms with E-state index in [1.54, 1.807) is 0 Å². The van der Waals surface area contributed by atoms with Crippen molar-refractivity contribution in [3.63, 3.8) is 0 Å². The van der Waals surface area contributed by atoms with Crippen LogP contribution in [0.25, 0.3) is 0 Å². The summed E-state index contributed by atoms with van der Waals surface area (Å²) in [6.45, 7) is 13.9. The summed E-state index contributed by atoms with van der Waals surface area (Å²) < 4.78 is 0. The van der Waals surface area contributed by atoms with Gasteiger partial charge in [0.15, 0.2) is 0 Å². The van der Waals surface area contributed by atoms with Crippen LogP contribution in [0.5, 0.6) is 0 Å². The SMILES string of the molecule is CCCN(CC)CCC(O)C(C)(C)C. The van der Waals surface area contributed by atoms with Crippen LogP contribution < -0.4 is 0 Å². The van der Waals surface area contributed by atoms with Crippen molar-refractivity contribution in [2.24, 2.45) is 5.41 Å². The zero-order chi connectivity index (χ0) is 11.2. The molecule has 0 spiro atoms. The van der Waals surface area contributed by atoms with Gasteiger partial charge < -0.3 is 10.0 Å². The molecular formula is C12H27NO.